The summed E-state index contributed by atoms with van der Waals surface area (Å²) in [5, 5.41) is 8.25. The number of nitrogens with one attached hydrogen (secondary N) is 3. The maximum Gasteiger partial charge on any atom is 0.341 e. The van der Waals surface area contributed by atoms with Crippen molar-refractivity contribution in [1.82, 2.24) is 24.8 Å². The highest BCUT2D eigenvalue weighted by Gasteiger charge is 2.01. The largest absolute Gasteiger partial charge is 0.341 e. The van der Waals surface area contributed by atoms with Crippen LogP contribution in [0.5, 0.6) is 0 Å². The first-order valence-corrected chi connectivity index (χ1v) is 3.39. The minimum Gasteiger partial charge on any atom is -0.270 e. The van der Waals surface area contributed by atoms with Gasteiger partial charge in [-0.1, -0.05) is 0 Å². The molecule has 0 saturated heterocycles. The van der Waals surface area contributed by atoms with Gasteiger partial charge in [0.1, 0.15) is 0 Å². The lowest BCUT2D eigenvalue weighted by Gasteiger charge is -1.87. The Morgan fingerprint density at radius 2 is 2.17 bits per heavy atom. The van der Waals surface area contributed by atoms with Gasteiger partial charge in [0.15, 0.2) is 0 Å². The molecule has 0 aliphatic rings. The third kappa shape index (κ3) is 0.815. The number of hydrogen-bond donors (Lipinski definition) is 3. The van der Waals surface area contributed by atoms with Crippen molar-refractivity contribution in [3.63, 3.8) is 0 Å². The predicted molar refractivity (Wildman–Crippen MR) is 41.6 cm³/mol. The van der Waals surface area contributed by atoms with E-state index in [1.54, 1.807) is 0 Å². The molecule has 2 aromatic heterocycles. The van der Waals surface area contributed by atoms with Crippen LogP contribution < -0.4 is 11.2 Å². The minimum atomic E-state index is -0.620. The fourth-order valence-electron chi connectivity index (χ4n) is 0.842. The minimum absolute atomic E-state index is 0.0413. The Labute approximate surface area is 69.0 Å². The number of hydrogen-bond acceptors (Lipinski definition) is 4. The van der Waals surface area contributed by atoms with Gasteiger partial charge in [-0.2, -0.15) is 4.52 Å². The molecule has 0 aliphatic heterocycles. The van der Waals surface area contributed by atoms with Crippen molar-refractivity contribution in [3.05, 3.63) is 25.6 Å². The fourth-order valence-corrected chi connectivity index (χ4v) is 1.02. The summed E-state index contributed by atoms with van der Waals surface area (Å²) in [6.45, 7) is 0. The zero-order valence-electron chi connectivity index (χ0n) is 5.62. The molecule has 3 N–H and O–H groups in total. The molecular formula is C4H3N5O2S. The molecule has 62 valence electrons. The maximum atomic E-state index is 11.0. The van der Waals surface area contributed by atoms with Crippen LogP contribution in [-0.2, 0) is 0 Å². The lowest BCUT2D eigenvalue weighted by atomic mass is 10.8. The molecule has 0 spiro atoms. The highest BCUT2D eigenvalue weighted by Crippen LogP contribution is 1.84. The van der Waals surface area contributed by atoms with Crippen molar-refractivity contribution < 1.29 is 0 Å². The summed E-state index contributed by atoms with van der Waals surface area (Å²) < 4.78 is 1.28. The first kappa shape index (κ1) is 6.98. The van der Waals surface area contributed by atoms with Crippen LogP contribution >= 0.6 is 12.2 Å². The zero-order valence-corrected chi connectivity index (χ0v) is 6.44. The first-order chi connectivity index (χ1) is 5.68. The van der Waals surface area contributed by atoms with E-state index in [-0.39, 0.29) is 10.4 Å². The van der Waals surface area contributed by atoms with Crippen LogP contribution in [0, 0.1) is 4.77 Å². The number of aromatic amines is 3. The molecule has 2 rings (SSSR count). The molecule has 0 radical (unpaired) electrons. The van der Waals surface area contributed by atoms with Gasteiger partial charge < -0.3 is 0 Å². The lowest BCUT2D eigenvalue weighted by Crippen LogP contribution is -2.25. The maximum absolute atomic E-state index is 11.0. The Balaban J connectivity index is 3.24. The average Bonchev–Trinajstić information content (AvgIpc) is 2.33. The van der Waals surface area contributed by atoms with Crippen LogP contribution in [0.25, 0.3) is 5.65 Å². The molecule has 0 aromatic carbocycles. The average molecular weight is 185 g/mol. The molecule has 2 aromatic rings. The number of H-pyrrole nitrogens is 3. The molecule has 8 heteroatoms. The number of rotatable bonds is 0. The molecule has 0 unspecified atom stereocenters. The summed E-state index contributed by atoms with van der Waals surface area (Å²) in [5.74, 6) is 0. The molecule has 0 saturated carbocycles. The van der Waals surface area contributed by atoms with Gasteiger partial charge in [0.05, 0.1) is 0 Å². The molecule has 0 fully saturated rings. The summed E-state index contributed by atoms with van der Waals surface area (Å²) in [6.07, 6.45) is 0. The third-order valence-electron chi connectivity index (χ3n) is 1.32. The highest BCUT2D eigenvalue weighted by molar-refractivity contribution is 7.71. The van der Waals surface area contributed by atoms with Crippen LogP contribution in [0.2, 0.25) is 0 Å². The van der Waals surface area contributed by atoms with Crippen LogP contribution in [0.15, 0.2) is 9.59 Å². The van der Waals surface area contributed by atoms with E-state index in [0.29, 0.717) is 0 Å². The van der Waals surface area contributed by atoms with E-state index in [9.17, 15) is 9.59 Å². The van der Waals surface area contributed by atoms with E-state index < -0.39 is 11.2 Å². The lowest BCUT2D eigenvalue weighted by molar-refractivity contribution is 0.827. The molecule has 12 heavy (non-hydrogen) atoms. The Morgan fingerprint density at radius 1 is 1.42 bits per heavy atom. The molecule has 2 heterocycles. The zero-order chi connectivity index (χ0) is 8.72. The summed E-state index contributed by atoms with van der Waals surface area (Å²) in [5.41, 5.74) is -1.16. The monoisotopic (exact) mass is 185 g/mol. The van der Waals surface area contributed by atoms with Gasteiger partial charge in [-0.3, -0.25) is 9.78 Å². The first-order valence-electron chi connectivity index (χ1n) is 2.98. The summed E-state index contributed by atoms with van der Waals surface area (Å²) in [4.78, 5) is 23.7. The molecule has 0 aliphatic carbocycles. The van der Waals surface area contributed by atoms with Crippen molar-refractivity contribution in [2.45, 2.75) is 0 Å². The second kappa shape index (κ2) is 2.14. The van der Waals surface area contributed by atoms with Gasteiger partial charge in [-0.05, 0) is 12.2 Å². The SMILES string of the molecule is O=c1[nH]c(=O)c2n[nH]c(=S)n2[nH]1. The Bertz CT molecular complexity index is 585. The smallest absolute Gasteiger partial charge is 0.270 e. The predicted octanol–water partition coefficient (Wildman–Crippen LogP) is -1.23. The normalized spacial score (nSPS) is 10.7. The van der Waals surface area contributed by atoms with Crippen LogP contribution in [0.1, 0.15) is 0 Å². The van der Waals surface area contributed by atoms with Crippen molar-refractivity contribution in [3.8, 4) is 0 Å². The van der Waals surface area contributed by atoms with Crippen molar-refractivity contribution in [2.24, 2.45) is 0 Å². The van der Waals surface area contributed by atoms with Gasteiger partial charge >= 0.3 is 5.69 Å². The van der Waals surface area contributed by atoms with E-state index in [1.165, 1.54) is 0 Å². The van der Waals surface area contributed by atoms with Gasteiger partial charge in [-0.25, -0.2) is 15.0 Å². The van der Waals surface area contributed by atoms with Gasteiger partial charge in [0.2, 0.25) is 10.4 Å². The van der Waals surface area contributed by atoms with E-state index in [0.717, 1.165) is 4.52 Å². The Kier molecular flexibility index (Phi) is 1.24. The molecule has 0 bridgehead atoms. The molecule has 0 atom stereocenters. The molecule has 0 amide bonds. The van der Waals surface area contributed by atoms with E-state index >= 15 is 0 Å². The quantitative estimate of drug-likeness (QED) is 0.447. The van der Waals surface area contributed by atoms with Crippen LogP contribution in [-0.4, -0.2) is 24.8 Å². The third-order valence-corrected chi connectivity index (χ3v) is 1.59. The van der Waals surface area contributed by atoms with Gasteiger partial charge in [0.25, 0.3) is 5.56 Å². The van der Waals surface area contributed by atoms with Crippen LogP contribution in [0.3, 0.4) is 0 Å². The van der Waals surface area contributed by atoms with Crippen molar-refractivity contribution >= 4 is 17.9 Å². The van der Waals surface area contributed by atoms with Crippen LogP contribution in [0.4, 0.5) is 0 Å². The second-order valence-electron chi connectivity index (χ2n) is 2.08. The number of aromatic nitrogens is 5. The van der Waals surface area contributed by atoms with E-state index in [2.05, 4.69) is 15.3 Å². The van der Waals surface area contributed by atoms with E-state index in [4.69, 9.17) is 12.2 Å². The molecule has 7 nitrogen and oxygen atoms in total. The standard InChI is InChI=1S/C4H3N5O2S/c10-2-1-6-7-4(12)9(1)8-3(11)5-2/h(H,7,12)(H2,5,8,10,11). The topological polar surface area (TPSA) is 98.8 Å². The summed E-state index contributed by atoms with van der Waals surface area (Å²) >= 11 is 4.73. The van der Waals surface area contributed by atoms with Gasteiger partial charge in [0, 0.05) is 0 Å². The second-order valence-corrected chi connectivity index (χ2v) is 2.47. The number of fused-ring (bicyclic) bond motifs is 1. The van der Waals surface area contributed by atoms with Crippen molar-refractivity contribution in [1.29, 1.82) is 0 Å². The highest BCUT2D eigenvalue weighted by atomic mass is 32.1. The Morgan fingerprint density at radius 3 is 2.92 bits per heavy atom. The fraction of sp³-hybridized carbons (Fsp3) is 0. The van der Waals surface area contributed by atoms with E-state index in [1.807, 2.05) is 4.98 Å². The molecular weight excluding hydrogens is 182 g/mol. The van der Waals surface area contributed by atoms with Gasteiger partial charge in [-0.15, -0.1) is 5.10 Å². The van der Waals surface area contributed by atoms with Crippen molar-refractivity contribution in [2.75, 3.05) is 0 Å². The Hall–Kier alpha value is -1.70. The number of nitrogens with zero attached hydrogens (tertiary/aromatic N) is 2. The summed E-state index contributed by atoms with van der Waals surface area (Å²) in [6, 6.07) is 0. The summed E-state index contributed by atoms with van der Waals surface area (Å²) in [7, 11) is 0.